The average Bonchev–Trinajstić information content (AvgIpc) is 2.86. The summed E-state index contributed by atoms with van der Waals surface area (Å²) in [6.45, 7) is 15.7. The van der Waals surface area contributed by atoms with Gasteiger partial charge in [0.25, 0.3) is 0 Å². The largest absolute Gasteiger partial charge is 0.444 e. The molecule has 27 heavy (non-hydrogen) atoms. The van der Waals surface area contributed by atoms with Crippen LogP contribution in [0.5, 0.6) is 0 Å². The van der Waals surface area contributed by atoms with Crippen LogP contribution in [0.25, 0.3) is 0 Å². The maximum atomic E-state index is 12.1. The summed E-state index contributed by atoms with van der Waals surface area (Å²) >= 11 is 1.67. The number of thiazole rings is 1. The van der Waals surface area contributed by atoms with Crippen LogP contribution in [0.3, 0.4) is 0 Å². The maximum Gasteiger partial charge on any atom is 0.407 e. The minimum atomic E-state index is -0.505. The molecule has 8 heteroatoms. The van der Waals surface area contributed by atoms with Crippen molar-refractivity contribution in [3.63, 3.8) is 0 Å². The number of aryl methyl sites for hydroxylation is 2. The third kappa shape index (κ3) is 9.60. The summed E-state index contributed by atoms with van der Waals surface area (Å²) in [6.07, 6.45) is 1.44. The van der Waals surface area contributed by atoms with E-state index in [9.17, 15) is 4.79 Å². The summed E-state index contributed by atoms with van der Waals surface area (Å²) < 4.78 is 5.36. The van der Waals surface area contributed by atoms with Crippen molar-refractivity contribution >= 4 is 23.4 Å². The van der Waals surface area contributed by atoms with Crippen LogP contribution >= 0.6 is 11.3 Å². The number of guanidine groups is 1. The summed E-state index contributed by atoms with van der Waals surface area (Å²) in [7, 11) is 0. The lowest BCUT2D eigenvalue weighted by Gasteiger charge is -2.24. The molecule has 1 amide bonds. The smallest absolute Gasteiger partial charge is 0.407 e. The SMILES string of the molecule is CCCC(CNC(=NCc1sc(C)nc1C)NCC)NC(=O)OC(C)(C)C. The molecule has 0 aromatic carbocycles. The molecule has 7 nitrogen and oxygen atoms in total. The van der Waals surface area contributed by atoms with Gasteiger partial charge < -0.3 is 20.7 Å². The van der Waals surface area contributed by atoms with Crippen molar-refractivity contribution in [3.05, 3.63) is 15.6 Å². The van der Waals surface area contributed by atoms with Gasteiger partial charge in [-0.05, 0) is 48.0 Å². The third-order valence-electron chi connectivity index (χ3n) is 3.60. The number of nitrogens with one attached hydrogen (secondary N) is 3. The Morgan fingerprint density at radius 2 is 1.96 bits per heavy atom. The zero-order valence-corrected chi connectivity index (χ0v) is 18.5. The number of alkyl carbamates (subject to hydrolysis) is 1. The first-order valence-corrected chi connectivity index (χ1v) is 10.4. The van der Waals surface area contributed by atoms with Crippen molar-refractivity contribution in [2.24, 2.45) is 4.99 Å². The van der Waals surface area contributed by atoms with Crippen molar-refractivity contribution < 1.29 is 9.53 Å². The van der Waals surface area contributed by atoms with Gasteiger partial charge in [0, 0.05) is 24.0 Å². The molecule has 0 aliphatic heterocycles. The van der Waals surface area contributed by atoms with Crippen LogP contribution in [0.1, 0.15) is 63.0 Å². The molecule has 0 aliphatic carbocycles. The Morgan fingerprint density at radius 1 is 1.26 bits per heavy atom. The number of amides is 1. The Hall–Kier alpha value is -1.83. The van der Waals surface area contributed by atoms with Crippen LogP contribution in [0.4, 0.5) is 4.79 Å². The fourth-order valence-corrected chi connectivity index (χ4v) is 3.34. The van der Waals surface area contributed by atoms with E-state index in [0.717, 1.165) is 36.0 Å². The second-order valence-corrected chi connectivity index (χ2v) is 8.74. The number of carbonyl (C=O) groups excluding carboxylic acids is 1. The lowest BCUT2D eigenvalue weighted by molar-refractivity contribution is 0.0502. The van der Waals surface area contributed by atoms with Gasteiger partial charge in [0.2, 0.25) is 0 Å². The molecule has 0 saturated heterocycles. The van der Waals surface area contributed by atoms with E-state index >= 15 is 0 Å². The Kier molecular flexibility index (Phi) is 9.55. The number of ether oxygens (including phenoxy) is 1. The fourth-order valence-electron chi connectivity index (χ4n) is 2.48. The Balaban J connectivity index is 2.66. The zero-order chi connectivity index (χ0) is 20.4. The van der Waals surface area contributed by atoms with Crippen LogP contribution in [0.15, 0.2) is 4.99 Å². The average molecular weight is 398 g/mol. The number of aromatic nitrogens is 1. The molecular weight excluding hydrogens is 362 g/mol. The van der Waals surface area contributed by atoms with E-state index in [4.69, 9.17) is 4.74 Å². The molecule has 0 aliphatic rings. The van der Waals surface area contributed by atoms with Crippen molar-refractivity contribution in [3.8, 4) is 0 Å². The van der Waals surface area contributed by atoms with Crippen molar-refractivity contribution in [2.75, 3.05) is 13.1 Å². The molecule has 1 unspecified atom stereocenters. The highest BCUT2D eigenvalue weighted by Crippen LogP contribution is 2.17. The highest BCUT2D eigenvalue weighted by molar-refractivity contribution is 7.11. The fraction of sp³-hybridized carbons (Fsp3) is 0.737. The lowest BCUT2D eigenvalue weighted by Crippen LogP contribution is -2.48. The highest BCUT2D eigenvalue weighted by atomic mass is 32.1. The Labute approximate surface area is 167 Å². The molecule has 1 rings (SSSR count). The molecule has 1 aromatic rings. The van der Waals surface area contributed by atoms with Gasteiger partial charge in [-0.2, -0.15) is 0 Å². The highest BCUT2D eigenvalue weighted by Gasteiger charge is 2.19. The van der Waals surface area contributed by atoms with Gasteiger partial charge in [-0.3, -0.25) is 0 Å². The Morgan fingerprint density at radius 3 is 2.48 bits per heavy atom. The first-order valence-electron chi connectivity index (χ1n) is 9.59. The minimum Gasteiger partial charge on any atom is -0.444 e. The first-order chi connectivity index (χ1) is 12.6. The van der Waals surface area contributed by atoms with Gasteiger partial charge in [0.05, 0.1) is 17.2 Å². The topological polar surface area (TPSA) is 87.6 Å². The molecule has 1 heterocycles. The molecule has 0 radical (unpaired) electrons. The van der Waals surface area contributed by atoms with Crippen LogP contribution < -0.4 is 16.0 Å². The molecule has 1 aromatic heterocycles. The standard InChI is InChI=1S/C19H35N5O2S/c1-8-10-15(24-18(25)26-19(5,6)7)11-21-17(20-9-2)22-12-16-13(3)23-14(4)27-16/h15H,8-12H2,1-7H3,(H,24,25)(H2,20,21,22). The monoisotopic (exact) mass is 397 g/mol. The predicted molar refractivity (Wildman–Crippen MR) is 112 cm³/mol. The van der Waals surface area contributed by atoms with Crippen LogP contribution in [-0.4, -0.2) is 41.8 Å². The predicted octanol–water partition coefficient (Wildman–Crippen LogP) is 3.51. The van der Waals surface area contributed by atoms with E-state index in [1.165, 1.54) is 4.88 Å². The zero-order valence-electron chi connectivity index (χ0n) is 17.7. The number of aliphatic imine (C=N–C) groups is 1. The molecule has 0 fully saturated rings. The summed E-state index contributed by atoms with van der Waals surface area (Å²) in [5.41, 5.74) is 0.530. The molecular formula is C19H35N5O2S. The summed E-state index contributed by atoms with van der Waals surface area (Å²) in [5.74, 6) is 0.732. The number of nitrogens with zero attached hydrogens (tertiary/aromatic N) is 2. The quantitative estimate of drug-likeness (QED) is 0.461. The van der Waals surface area contributed by atoms with E-state index in [1.807, 2.05) is 41.5 Å². The first kappa shape index (κ1) is 23.2. The molecule has 0 saturated carbocycles. The summed E-state index contributed by atoms with van der Waals surface area (Å²) in [5, 5.41) is 10.6. The number of carbonyl (C=O) groups is 1. The van der Waals surface area contributed by atoms with Crippen LogP contribution in [-0.2, 0) is 11.3 Å². The van der Waals surface area contributed by atoms with Gasteiger partial charge in [-0.1, -0.05) is 13.3 Å². The molecule has 3 N–H and O–H groups in total. The van der Waals surface area contributed by atoms with Crippen LogP contribution in [0.2, 0.25) is 0 Å². The second-order valence-electron chi connectivity index (χ2n) is 7.45. The van der Waals surface area contributed by atoms with Crippen molar-refractivity contribution in [2.45, 2.75) is 79.5 Å². The van der Waals surface area contributed by atoms with E-state index in [1.54, 1.807) is 11.3 Å². The number of rotatable bonds is 8. The van der Waals surface area contributed by atoms with E-state index in [-0.39, 0.29) is 12.1 Å². The van der Waals surface area contributed by atoms with Gasteiger partial charge in [-0.15, -0.1) is 11.3 Å². The molecule has 1 atom stereocenters. The van der Waals surface area contributed by atoms with E-state index < -0.39 is 5.60 Å². The van der Waals surface area contributed by atoms with Crippen molar-refractivity contribution in [1.29, 1.82) is 0 Å². The van der Waals surface area contributed by atoms with E-state index in [2.05, 4.69) is 32.9 Å². The second kappa shape index (κ2) is 11.1. The lowest BCUT2D eigenvalue weighted by atomic mass is 10.1. The maximum absolute atomic E-state index is 12.1. The molecule has 0 spiro atoms. The molecule has 154 valence electrons. The van der Waals surface area contributed by atoms with Gasteiger partial charge in [0.1, 0.15) is 5.60 Å². The number of hydrogen-bond donors (Lipinski definition) is 3. The summed E-state index contributed by atoms with van der Waals surface area (Å²) in [6, 6.07) is -0.0268. The normalized spacial score (nSPS) is 13.2. The minimum absolute atomic E-state index is 0.0268. The van der Waals surface area contributed by atoms with E-state index in [0.29, 0.717) is 13.1 Å². The molecule has 0 bridgehead atoms. The van der Waals surface area contributed by atoms with Gasteiger partial charge in [-0.25, -0.2) is 14.8 Å². The summed E-state index contributed by atoms with van der Waals surface area (Å²) in [4.78, 5) is 22.3. The van der Waals surface area contributed by atoms with Crippen LogP contribution in [0, 0.1) is 13.8 Å². The Bertz CT molecular complexity index is 622. The third-order valence-corrected chi connectivity index (χ3v) is 4.66. The number of hydrogen-bond acceptors (Lipinski definition) is 5. The van der Waals surface area contributed by atoms with Gasteiger partial charge in [0.15, 0.2) is 5.96 Å². The van der Waals surface area contributed by atoms with Crippen molar-refractivity contribution in [1.82, 2.24) is 20.9 Å². The van der Waals surface area contributed by atoms with Gasteiger partial charge >= 0.3 is 6.09 Å².